The Kier molecular flexibility index (Phi) is 3.23. The summed E-state index contributed by atoms with van der Waals surface area (Å²) in [6, 6.07) is 0. The molecule has 0 spiro atoms. The van der Waals surface area contributed by atoms with Crippen LogP contribution in [0.4, 0.5) is 0 Å². The van der Waals surface area contributed by atoms with E-state index in [2.05, 4.69) is 0 Å². The number of carbonyl (C=O) groups excluding carboxylic acids is 1. The molecule has 5 heteroatoms. The maximum Gasteiger partial charge on any atom is 0.228 e. The Labute approximate surface area is 88.6 Å². The van der Waals surface area contributed by atoms with E-state index in [0.717, 1.165) is 19.4 Å². The van der Waals surface area contributed by atoms with Crippen LogP contribution in [0.15, 0.2) is 0 Å². The van der Waals surface area contributed by atoms with Gasteiger partial charge >= 0.3 is 0 Å². The summed E-state index contributed by atoms with van der Waals surface area (Å²) in [7, 11) is 0. The Morgan fingerprint density at radius 1 is 1.27 bits per heavy atom. The largest absolute Gasteiger partial charge is 0.388 e. The lowest BCUT2D eigenvalue weighted by Gasteiger charge is -2.25. The van der Waals surface area contributed by atoms with Crippen LogP contribution in [0, 0.1) is 5.92 Å². The van der Waals surface area contributed by atoms with Crippen LogP contribution in [-0.4, -0.2) is 59.5 Å². The van der Waals surface area contributed by atoms with E-state index in [4.69, 9.17) is 4.74 Å². The zero-order valence-electron chi connectivity index (χ0n) is 8.63. The SMILES string of the molecule is O=C(C1CCCOC1)N1C[C@@H](O)[C@@H](O)C1. The standard InChI is InChI=1S/C10H17NO4/c12-8-4-11(5-9(8)13)10(14)7-2-1-3-15-6-7/h7-9,12-13H,1-6H2/t7?,8-,9+. The normalized spacial score (nSPS) is 36.9. The van der Waals surface area contributed by atoms with Gasteiger partial charge in [-0.1, -0.05) is 0 Å². The molecule has 1 unspecified atom stereocenters. The zero-order valence-corrected chi connectivity index (χ0v) is 8.63. The average Bonchev–Trinajstić information content (AvgIpc) is 2.59. The number of amides is 1. The van der Waals surface area contributed by atoms with Crippen molar-refractivity contribution in [3.63, 3.8) is 0 Å². The van der Waals surface area contributed by atoms with Crippen LogP contribution in [0.25, 0.3) is 0 Å². The van der Waals surface area contributed by atoms with E-state index in [9.17, 15) is 15.0 Å². The van der Waals surface area contributed by atoms with Crippen molar-refractivity contribution in [3.8, 4) is 0 Å². The number of carbonyl (C=O) groups is 1. The number of hydrogen-bond donors (Lipinski definition) is 2. The first-order valence-corrected chi connectivity index (χ1v) is 5.41. The number of nitrogens with zero attached hydrogens (tertiary/aromatic N) is 1. The summed E-state index contributed by atoms with van der Waals surface area (Å²) in [5, 5.41) is 18.7. The van der Waals surface area contributed by atoms with Crippen molar-refractivity contribution in [1.29, 1.82) is 0 Å². The highest BCUT2D eigenvalue weighted by Crippen LogP contribution is 2.19. The molecule has 0 aromatic rings. The molecule has 2 aliphatic rings. The molecule has 2 saturated heterocycles. The van der Waals surface area contributed by atoms with Gasteiger partial charge in [-0.3, -0.25) is 4.79 Å². The van der Waals surface area contributed by atoms with Crippen LogP contribution in [-0.2, 0) is 9.53 Å². The summed E-state index contributed by atoms with van der Waals surface area (Å²) in [6.45, 7) is 1.70. The highest BCUT2D eigenvalue weighted by Gasteiger charge is 2.35. The fraction of sp³-hybridized carbons (Fsp3) is 0.900. The third-order valence-corrected chi connectivity index (χ3v) is 3.08. The van der Waals surface area contributed by atoms with Gasteiger partial charge in [0.2, 0.25) is 5.91 Å². The van der Waals surface area contributed by atoms with Crippen molar-refractivity contribution in [3.05, 3.63) is 0 Å². The van der Waals surface area contributed by atoms with Crippen LogP contribution in [0.1, 0.15) is 12.8 Å². The predicted octanol–water partition coefficient (Wildman–Crippen LogP) is -1.02. The fourth-order valence-corrected chi connectivity index (χ4v) is 2.14. The number of aliphatic hydroxyl groups excluding tert-OH is 2. The summed E-state index contributed by atoms with van der Waals surface area (Å²) in [5.74, 6) is -0.0819. The van der Waals surface area contributed by atoms with Crippen molar-refractivity contribution < 1.29 is 19.7 Å². The summed E-state index contributed by atoms with van der Waals surface area (Å²) in [5.41, 5.74) is 0. The van der Waals surface area contributed by atoms with E-state index in [1.54, 1.807) is 0 Å². The first-order chi connectivity index (χ1) is 7.18. The predicted molar refractivity (Wildman–Crippen MR) is 52.1 cm³/mol. The van der Waals surface area contributed by atoms with Gasteiger partial charge in [-0.25, -0.2) is 0 Å². The second-order valence-corrected chi connectivity index (χ2v) is 4.29. The quantitative estimate of drug-likeness (QED) is 0.587. The molecule has 86 valence electrons. The van der Waals surface area contributed by atoms with Crippen molar-refractivity contribution in [2.75, 3.05) is 26.3 Å². The topological polar surface area (TPSA) is 70.0 Å². The lowest BCUT2D eigenvalue weighted by atomic mass is 10.0. The van der Waals surface area contributed by atoms with Gasteiger partial charge in [0.15, 0.2) is 0 Å². The Morgan fingerprint density at radius 3 is 2.47 bits per heavy atom. The first kappa shape index (κ1) is 10.9. The number of ether oxygens (including phenoxy) is 1. The molecular weight excluding hydrogens is 198 g/mol. The molecule has 0 aromatic carbocycles. The molecule has 0 radical (unpaired) electrons. The van der Waals surface area contributed by atoms with E-state index >= 15 is 0 Å². The monoisotopic (exact) mass is 215 g/mol. The fourth-order valence-electron chi connectivity index (χ4n) is 2.14. The summed E-state index contributed by atoms with van der Waals surface area (Å²) < 4.78 is 5.24. The molecule has 0 aliphatic carbocycles. The summed E-state index contributed by atoms with van der Waals surface area (Å²) in [4.78, 5) is 13.5. The van der Waals surface area contributed by atoms with Gasteiger partial charge in [-0.15, -0.1) is 0 Å². The lowest BCUT2D eigenvalue weighted by molar-refractivity contribution is -0.139. The van der Waals surface area contributed by atoms with Gasteiger partial charge in [0.1, 0.15) is 0 Å². The van der Waals surface area contributed by atoms with Crippen LogP contribution in [0.5, 0.6) is 0 Å². The minimum absolute atomic E-state index is 0.00491. The summed E-state index contributed by atoms with van der Waals surface area (Å²) in [6.07, 6.45) is 0.175. The zero-order chi connectivity index (χ0) is 10.8. The molecule has 2 N–H and O–H groups in total. The van der Waals surface area contributed by atoms with Gasteiger partial charge < -0.3 is 19.8 Å². The molecule has 2 fully saturated rings. The molecule has 2 heterocycles. The van der Waals surface area contributed by atoms with Crippen LogP contribution in [0.3, 0.4) is 0 Å². The molecule has 0 aromatic heterocycles. The minimum atomic E-state index is -0.793. The van der Waals surface area contributed by atoms with Crippen LogP contribution in [0.2, 0.25) is 0 Å². The molecule has 5 nitrogen and oxygen atoms in total. The number of likely N-dealkylation sites (tertiary alicyclic amines) is 1. The number of aliphatic hydroxyl groups is 2. The third-order valence-electron chi connectivity index (χ3n) is 3.08. The molecule has 0 saturated carbocycles. The molecule has 0 bridgehead atoms. The Balaban J connectivity index is 1.90. The third kappa shape index (κ3) is 2.30. The lowest BCUT2D eigenvalue weighted by Crippen LogP contribution is -2.38. The van der Waals surface area contributed by atoms with E-state index < -0.39 is 12.2 Å². The second-order valence-electron chi connectivity index (χ2n) is 4.29. The van der Waals surface area contributed by atoms with E-state index in [0.29, 0.717) is 6.61 Å². The highest BCUT2D eigenvalue weighted by atomic mass is 16.5. The molecule has 2 rings (SSSR count). The number of hydrogen-bond acceptors (Lipinski definition) is 4. The Hall–Kier alpha value is -0.650. The molecule has 2 aliphatic heterocycles. The number of rotatable bonds is 1. The van der Waals surface area contributed by atoms with Gasteiger partial charge in [0, 0.05) is 19.7 Å². The van der Waals surface area contributed by atoms with E-state index in [1.165, 1.54) is 4.90 Å². The van der Waals surface area contributed by atoms with Gasteiger partial charge in [0.25, 0.3) is 0 Å². The average molecular weight is 215 g/mol. The van der Waals surface area contributed by atoms with Crippen LogP contribution >= 0.6 is 0 Å². The van der Waals surface area contributed by atoms with Crippen molar-refractivity contribution in [2.24, 2.45) is 5.92 Å². The number of β-amino-alcohol motifs (C(OH)–C–C–N with tert-alkyl or cyclic N) is 2. The molecular formula is C10H17NO4. The molecule has 15 heavy (non-hydrogen) atoms. The Bertz CT molecular complexity index is 230. The highest BCUT2D eigenvalue weighted by molar-refractivity contribution is 5.79. The van der Waals surface area contributed by atoms with Crippen LogP contribution < -0.4 is 0 Å². The van der Waals surface area contributed by atoms with Crippen molar-refractivity contribution >= 4 is 5.91 Å². The Morgan fingerprint density at radius 2 is 1.93 bits per heavy atom. The van der Waals surface area contributed by atoms with Gasteiger partial charge in [-0.2, -0.15) is 0 Å². The molecule has 3 atom stereocenters. The van der Waals surface area contributed by atoms with E-state index in [-0.39, 0.29) is 24.9 Å². The van der Waals surface area contributed by atoms with Gasteiger partial charge in [-0.05, 0) is 12.8 Å². The minimum Gasteiger partial charge on any atom is -0.388 e. The summed E-state index contributed by atoms with van der Waals surface area (Å²) >= 11 is 0. The maximum atomic E-state index is 11.9. The smallest absolute Gasteiger partial charge is 0.228 e. The van der Waals surface area contributed by atoms with E-state index in [1.807, 2.05) is 0 Å². The maximum absolute atomic E-state index is 11.9. The van der Waals surface area contributed by atoms with Crippen molar-refractivity contribution in [1.82, 2.24) is 4.90 Å². The second kappa shape index (κ2) is 4.47. The van der Waals surface area contributed by atoms with Crippen molar-refractivity contribution in [2.45, 2.75) is 25.0 Å². The molecule has 1 amide bonds. The first-order valence-electron chi connectivity index (χ1n) is 5.41. The van der Waals surface area contributed by atoms with Gasteiger partial charge in [0.05, 0.1) is 24.7 Å².